The number of rotatable bonds is 2. The van der Waals surface area contributed by atoms with Crippen LogP contribution in [0.1, 0.15) is 35.2 Å². The maximum Gasteiger partial charge on any atom is 0.164 e. The smallest absolute Gasteiger partial charge is 0.164 e. The summed E-state index contributed by atoms with van der Waals surface area (Å²) in [5, 5.41) is 1.11. The highest BCUT2D eigenvalue weighted by Crippen LogP contribution is 2.47. The van der Waals surface area contributed by atoms with Gasteiger partial charge in [0.2, 0.25) is 0 Å². The number of nitrogens with one attached hydrogen (secondary N) is 1. The molecule has 0 atom stereocenters. The van der Waals surface area contributed by atoms with Crippen LogP contribution in [0.4, 0.5) is 0 Å². The molecule has 1 spiro atoms. The third-order valence-electron chi connectivity index (χ3n) is 7.25. The highest BCUT2D eigenvalue weighted by atomic mass is 16.1. The number of ketones is 1. The number of fused-ring (bicyclic) bond motifs is 3. The zero-order valence-electron chi connectivity index (χ0n) is 17.7. The van der Waals surface area contributed by atoms with E-state index in [9.17, 15) is 4.79 Å². The van der Waals surface area contributed by atoms with Gasteiger partial charge in [-0.3, -0.25) is 4.79 Å². The van der Waals surface area contributed by atoms with Crippen LogP contribution < -0.4 is 0 Å². The number of hydrogen-bond donors (Lipinski definition) is 1. The fourth-order valence-electron chi connectivity index (χ4n) is 5.40. The lowest BCUT2D eigenvalue weighted by atomic mass is 9.73. The number of H-pyrrole nitrogens is 1. The highest BCUT2D eigenvalue weighted by Gasteiger charge is 2.44. The van der Waals surface area contributed by atoms with Gasteiger partial charge in [0.1, 0.15) is 5.65 Å². The molecular formula is C27H25N3O. The summed E-state index contributed by atoms with van der Waals surface area (Å²) in [5.41, 5.74) is 7.47. The van der Waals surface area contributed by atoms with Crippen molar-refractivity contribution in [1.29, 1.82) is 0 Å². The molecule has 2 aromatic carbocycles. The van der Waals surface area contributed by atoms with Gasteiger partial charge in [0.05, 0.1) is 5.69 Å². The van der Waals surface area contributed by atoms with Gasteiger partial charge in [-0.25, -0.2) is 4.98 Å². The van der Waals surface area contributed by atoms with E-state index in [0.717, 1.165) is 64.9 Å². The Labute approximate surface area is 181 Å². The van der Waals surface area contributed by atoms with Gasteiger partial charge in [-0.2, -0.15) is 0 Å². The molecule has 1 N–H and O–H groups in total. The van der Waals surface area contributed by atoms with Crippen molar-refractivity contribution < 1.29 is 4.79 Å². The van der Waals surface area contributed by atoms with Gasteiger partial charge in [-0.15, -0.1) is 0 Å². The van der Waals surface area contributed by atoms with Crippen molar-refractivity contribution in [2.45, 2.75) is 24.7 Å². The maximum atomic E-state index is 12.8. The van der Waals surface area contributed by atoms with E-state index in [1.165, 1.54) is 5.56 Å². The van der Waals surface area contributed by atoms with Crippen LogP contribution in [0.3, 0.4) is 0 Å². The zero-order valence-corrected chi connectivity index (χ0v) is 17.7. The number of carbonyl (C=O) groups excluding carboxylic acids is 1. The fraction of sp³-hybridized carbons (Fsp3) is 0.259. The molecule has 3 heterocycles. The lowest BCUT2D eigenvalue weighted by Gasteiger charge is -2.38. The number of aromatic nitrogens is 2. The van der Waals surface area contributed by atoms with Crippen LogP contribution in [0.2, 0.25) is 0 Å². The molecule has 1 saturated heterocycles. The van der Waals surface area contributed by atoms with Crippen LogP contribution in [-0.4, -0.2) is 40.8 Å². The number of pyridine rings is 1. The molecule has 0 amide bonds. The second kappa shape index (κ2) is 6.89. The minimum absolute atomic E-state index is 0.0137. The number of likely N-dealkylation sites (tertiary alicyclic amines) is 1. The van der Waals surface area contributed by atoms with Crippen molar-refractivity contribution in [3.8, 4) is 22.4 Å². The molecule has 1 aliphatic heterocycles. The molecular weight excluding hydrogens is 382 g/mol. The lowest BCUT2D eigenvalue weighted by molar-refractivity contribution is 0.0945. The number of hydrogen-bond acceptors (Lipinski definition) is 3. The van der Waals surface area contributed by atoms with Gasteiger partial charge in [0.25, 0.3) is 0 Å². The number of aromatic amines is 1. The van der Waals surface area contributed by atoms with E-state index in [1.54, 1.807) is 0 Å². The molecule has 0 unspecified atom stereocenters. The molecule has 1 aliphatic carbocycles. The summed E-state index contributed by atoms with van der Waals surface area (Å²) in [7, 11) is 2.17. The fourth-order valence-corrected chi connectivity index (χ4v) is 5.40. The Morgan fingerprint density at radius 1 is 0.935 bits per heavy atom. The molecule has 2 aliphatic rings. The number of Topliss-reactive ketones (excluding diaryl/α,β-unsaturated/α-hetero) is 1. The first-order valence-electron chi connectivity index (χ1n) is 11.0. The van der Waals surface area contributed by atoms with E-state index < -0.39 is 0 Å². The van der Waals surface area contributed by atoms with E-state index >= 15 is 0 Å². The first-order valence-corrected chi connectivity index (χ1v) is 11.0. The Hall–Kier alpha value is -3.24. The summed E-state index contributed by atoms with van der Waals surface area (Å²) in [6.07, 6.45) is 4.82. The number of nitrogens with zero attached hydrogens (tertiary/aromatic N) is 2. The van der Waals surface area contributed by atoms with Crippen LogP contribution in [0.25, 0.3) is 33.4 Å². The van der Waals surface area contributed by atoms with Gasteiger partial charge in [-0.1, -0.05) is 42.5 Å². The quantitative estimate of drug-likeness (QED) is 0.481. The predicted octanol–water partition coefficient (Wildman–Crippen LogP) is 5.45. The Morgan fingerprint density at radius 3 is 2.55 bits per heavy atom. The van der Waals surface area contributed by atoms with Crippen LogP contribution in [0.5, 0.6) is 0 Å². The summed E-state index contributed by atoms with van der Waals surface area (Å²) in [6, 6.07) is 20.9. The van der Waals surface area contributed by atoms with E-state index in [0.29, 0.717) is 12.2 Å². The van der Waals surface area contributed by atoms with E-state index in [4.69, 9.17) is 4.98 Å². The number of benzene rings is 2. The van der Waals surface area contributed by atoms with Crippen LogP contribution in [-0.2, 0) is 5.41 Å². The normalized spacial score (nSPS) is 18.0. The van der Waals surface area contributed by atoms with Crippen LogP contribution in [0, 0.1) is 0 Å². The van der Waals surface area contributed by atoms with Crippen molar-refractivity contribution >= 4 is 16.8 Å². The Morgan fingerprint density at radius 2 is 1.74 bits per heavy atom. The summed E-state index contributed by atoms with van der Waals surface area (Å²) >= 11 is 0. The van der Waals surface area contributed by atoms with Crippen molar-refractivity contribution in [2.75, 3.05) is 20.1 Å². The Kier molecular flexibility index (Phi) is 4.12. The molecule has 0 saturated carbocycles. The molecule has 4 heteroatoms. The second-order valence-electron chi connectivity index (χ2n) is 9.10. The summed E-state index contributed by atoms with van der Waals surface area (Å²) in [4.78, 5) is 23.4. The van der Waals surface area contributed by atoms with E-state index in [1.807, 2.05) is 30.5 Å². The third kappa shape index (κ3) is 2.94. The Balaban J connectivity index is 1.42. The summed E-state index contributed by atoms with van der Waals surface area (Å²) in [5.74, 6) is 0.305. The Bertz CT molecular complexity index is 1300. The van der Waals surface area contributed by atoms with Crippen molar-refractivity contribution in [1.82, 2.24) is 14.9 Å². The molecule has 4 nitrogen and oxygen atoms in total. The van der Waals surface area contributed by atoms with Crippen LogP contribution >= 0.6 is 0 Å². The number of piperidine rings is 1. The van der Waals surface area contributed by atoms with Gasteiger partial charge in [0.15, 0.2) is 5.78 Å². The van der Waals surface area contributed by atoms with Crippen molar-refractivity contribution in [3.05, 3.63) is 78.0 Å². The highest BCUT2D eigenvalue weighted by molar-refractivity contribution is 6.03. The number of carbonyl (C=O) groups is 1. The van der Waals surface area contributed by atoms with Crippen molar-refractivity contribution in [3.63, 3.8) is 0 Å². The van der Waals surface area contributed by atoms with Gasteiger partial charge < -0.3 is 9.88 Å². The minimum atomic E-state index is 0.0137. The third-order valence-corrected chi connectivity index (χ3v) is 7.25. The largest absolute Gasteiger partial charge is 0.345 e. The molecule has 0 bridgehead atoms. The first-order chi connectivity index (χ1) is 15.1. The average molecular weight is 408 g/mol. The zero-order chi connectivity index (χ0) is 21.0. The molecule has 1 fully saturated rings. The van der Waals surface area contributed by atoms with Crippen molar-refractivity contribution in [2.24, 2.45) is 0 Å². The SMILES string of the molecule is CN1CCC2(CC1)CC(=O)c1ccc(-c3c[nH]c4nc(-c5ccccc5)ccc34)cc12. The first kappa shape index (κ1) is 18.5. The van der Waals surface area contributed by atoms with Gasteiger partial charge in [0, 0.05) is 40.1 Å². The standard InChI is InChI=1S/C27H25N3O/c1-30-13-11-27(12-14-30)16-25(31)21-8-7-19(15-23(21)27)22-17-28-26-20(22)9-10-24(29-26)18-5-3-2-4-6-18/h2-10,15,17H,11-14,16H2,1H3,(H,28,29). The second-order valence-corrected chi connectivity index (χ2v) is 9.10. The topological polar surface area (TPSA) is 49.0 Å². The molecule has 154 valence electrons. The maximum absolute atomic E-state index is 12.8. The molecule has 4 aromatic rings. The molecule has 0 radical (unpaired) electrons. The molecule has 6 rings (SSSR count). The van der Waals surface area contributed by atoms with E-state index in [2.05, 4.69) is 53.3 Å². The summed E-state index contributed by atoms with van der Waals surface area (Å²) in [6.45, 7) is 2.10. The minimum Gasteiger partial charge on any atom is -0.345 e. The monoisotopic (exact) mass is 407 g/mol. The van der Waals surface area contributed by atoms with Crippen LogP contribution in [0.15, 0.2) is 66.9 Å². The van der Waals surface area contributed by atoms with Gasteiger partial charge >= 0.3 is 0 Å². The van der Waals surface area contributed by atoms with Gasteiger partial charge in [-0.05, 0) is 62.3 Å². The predicted molar refractivity (Wildman–Crippen MR) is 124 cm³/mol. The lowest BCUT2D eigenvalue weighted by Crippen LogP contribution is -2.39. The molecule has 31 heavy (non-hydrogen) atoms. The summed E-state index contributed by atoms with van der Waals surface area (Å²) < 4.78 is 0. The average Bonchev–Trinajstić information content (AvgIpc) is 3.35. The van der Waals surface area contributed by atoms with E-state index in [-0.39, 0.29) is 5.41 Å². The molecule has 2 aromatic heterocycles.